The molecular weight excluding hydrogens is 354 g/mol. The van der Waals surface area contributed by atoms with Gasteiger partial charge < -0.3 is 14.2 Å². The highest BCUT2D eigenvalue weighted by atomic mass is 16.5. The summed E-state index contributed by atoms with van der Waals surface area (Å²) in [4.78, 5) is 28.3. The number of hydrogen-bond donors (Lipinski definition) is 0. The molecule has 1 fully saturated rings. The minimum absolute atomic E-state index is 0.0389. The lowest BCUT2D eigenvalue weighted by molar-refractivity contribution is 0.0553. The molecule has 0 N–H and O–H groups in total. The average molecular weight is 379 g/mol. The molecule has 0 radical (unpaired) electrons. The van der Waals surface area contributed by atoms with Gasteiger partial charge in [-0.15, -0.1) is 0 Å². The van der Waals surface area contributed by atoms with Crippen molar-refractivity contribution >= 4 is 17.1 Å². The molecule has 7 nitrogen and oxygen atoms in total. The summed E-state index contributed by atoms with van der Waals surface area (Å²) in [6.07, 6.45) is 11.1. The van der Waals surface area contributed by atoms with Gasteiger partial charge >= 0.3 is 0 Å². The van der Waals surface area contributed by atoms with Crippen molar-refractivity contribution in [2.45, 2.75) is 38.3 Å². The van der Waals surface area contributed by atoms with Gasteiger partial charge in [-0.1, -0.05) is 6.07 Å². The number of likely N-dealkylation sites (tertiary alicyclic amines) is 1. The molecule has 4 heterocycles. The van der Waals surface area contributed by atoms with Crippen LogP contribution in [0.5, 0.6) is 0 Å². The van der Waals surface area contributed by atoms with E-state index in [1.807, 2.05) is 33.9 Å². The number of nitrogens with zero attached hydrogens (tertiary/aromatic N) is 5. The normalized spacial score (nSPS) is 17.2. The quantitative estimate of drug-likeness (QED) is 0.658. The zero-order chi connectivity index (χ0) is 19.3. The van der Waals surface area contributed by atoms with Crippen molar-refractivity contribution in [2.24, 2.45) is 0 Å². The molecule has 1 saturated heterocycles. The molecule has 0 bridgehead atoms. The van der Waals surface area contributed by atoms with Gasteiger partial charge in [0, 0.05) is 44.9 Å². The summed E-state index contributed by atoms with van der Waals surface area (Å²) in [6.45, 7) is 2.11. The third-order valence-electron chi connectivity index (χ3n) is 5.32. The fraction of sp³-hybridized carbons (Fsp3) is 0.429. The number of ether oxygens (including phenoxy) is 1. The van der Waals surface area contributed by atoms with Crippen LogP contribution in [-0.2, 0) is 11.3 Å². The minimum Gasteiger partial charge on any atom is -0.385 e. The minimum atomic E-state index is 0.0389. The molecule has 1 atom stereocenters. The highest BCUT2D eigenvalue weighted by molar-refractivity contribution is 5.96. The summed E-state index contributed by atoms with van der Waals surface area (Å²) in [7, 11) is 1.70. The Balaban J connectivity index is 1.55. The van der Waals surface area contributed by atoms with Crippen LogP contribution in [0.15, 0.2) is 43.1 Å². The highest BCUT2D eigenvalue weighted by Gasteiger charge is 2.27. The second-order valence-electron chi connectivity index (χ2n) is 7.23. The molecule has 28 heavy (non-hydrogen) atoms. The van der Waals surface area contributed by atoms with Crippen molar-refractivity contribution in [1.29, 1.82) is 0 Å². The number of hydrogen-bond acceptors (Lipinski definition) is 5. The number of methoxy groups -OCH3 is 1. The van der Waals surface area contributed by atoms with E-state index < -0.39 is 0 Å². The SMILES string of the molecule is COCCC1CCCCN1C(=O)c1cnc2c(c1)ncn2Cc1cccnc1. The predicted molar refractivity (Wildman–Crippen MR) is 106 cm³/mol. The Bertz CT molecular complexity index is 940. The van der Waals surface area contributed by atoms with Crippen molar-refractivity contribution < 1.29 is 9.53 Å². The molecule has 0 aliphatic carbocycles. The number of pyridine rings is 2. The van der Waals surface area contributed by atoms with Gasteiger partial charge in [-0.3, -0.25) is 9.78 Å². The van der Waals surface area contributed by atoms with E-state index in [-0.39, 0.29) is 11.9 Å². The predicted octanol–water partition coefficient (Wildman–Crippen LogP) is 2.91. The Morgan fingerprint density at radius 3 is 3.04 bits per heavy atom. The van der Waals surface area contributed by atoms with Gasteiger partial charge in [0.15, 0.2) is 5.65 Å². The molecule has 7 heteroatoms. The van der Waals surface area contributed by atoms with Crippen LogP contribution in [0, 0.1) is 0 Å². The van der Waals surface area contributed by atoms with Crippen LogP contribution in [-0.4, -0.2) is 56.6 Å². The molecule has 1 amide bonds. The fourth-order valence-corrected chi connectivity index (χ4v) is 3.86. The molecule has 3 aromatic heterocycles. The number of carbonyl (C=O) groups excluding carboxylic acids is 1. The average Bonchev–Trinajstić information content (AvgIpc) is 3.14. The molecule has 3 aromatic rings. The van der Waals surface area contributed by atoms with Crippen LogP contribution >= 0.6 is 0 Å². The van der Waals surface area contributed by atoms with E-state index in [0.29, 0.717) is 18.7 Å². The summed E-state index contributed by atoms with van der Waals surface area (Å²) in [5.41, 5.74) is 3.19. The number of piperidine rings is 1. The van der Waals surface area contributed by atoms with Gasteiger partial charge in [0.1, 0.15) is 5.52 Å². The Kier molecular flexibility index (Phi) is 5.62. The third kappa shape index (κ3) is 3.89. The van der Waals surface area contributed by atoms with Crippen LogP contribution in [0.2, 0.25) is 0 Å². The molecular formula is C21H25N5O2. The zero-order valence-corrected chi connectivity index (χ0v) is 16.1. The van der Waals surface area contributed by atoms with E-state index in [0.717, 1.165) is 49.0 Å². The van der Waals surface area contributed by atoms with Gasteiger partial charge in [-0.05, 0) is 43.4 Å². The highest BCUT2D eigenvalue weighted by Crippen LogP contribution is 2.23. The molecule has 4 rings (SSSR count). The van der Waals surface area contributed by atoms with Gasteiger partial charge in [0.25, 0.3) is 5.91 Å². The largest absolute Gasteiger partial charge is 0.385 e. The van der Waals surface area contributed by atoms with E-state index in [2.05, 4.69) is 15.0 Å². The van der Waals surface area contributed by atoms with Crippen molar-refractivity contribution in [3.63, 3.8) is 0 Å². The Labute approximate surface area is 164 Å². The Morgan fingerprint density at radius 2 is 2.21 bits per heavy atom. The summed E-state index contributed by atoms with van der Waals surface area (Å²) in [5, 5.41) is 0. The first kappa shape index (κ1) is 18.6. The molecule has 1 aliphatic rings. The van der Waals surface area contributed by atoms with E-state index in [1.54, 1.807) is 25.8 Å². The number of carbonyl (C=O) groups is 1. The van der Waals surface area contributed by atoms with Crippen LogP contribution in [0.3, 0.4) is 0 Å². The maximum atomic E-state index is 13.1. The van der Waals surface area contributed by atoms with Crippen molar-refractivity contribution in [3.05, 3.63) is 54.2 Å². The van der Waals surface area contributed by atoms with E-state index in [9.17, 15) is 4.79 Å². The van der Waals surface area contributed by atoms with Gasteiger partial charge in [0.2, 0.25) is 0 Å². The lowest BCUT2D eigenvalue weighted by atomic mass is 9.98. The van der Waals surface area contributed by atoms with Gasteiger partial charge in [-0.25, -0.2) is 9.97 Å². The van der Waals surface area contributed by atoms with Crippen molar-refractivity contribution in [3.8, 4) is 0 Å². The molecule has 146 valence electrons. The summed E-state index contributed by atoms with van der Waals surface area (Å²) < 4.78 is 7.20. The zero-order valence-electron chi connectivity index (χ0n) is 16.1. The molecule has 0 aromatic carbocycles. The second kappa shape index (κ2) is 8.48. The van der Waals surface area contributed by atoms with Crippen LogP contribution < -0.4 is 0 Å². The van der Waals surface area contributed by atoms with Gasteiger partial charge in [-0.2, -0.15) is 0 Å². The first-order chi connectivity index (χ1) is 13.8. The standard InChI is InChI=1S/C21H25N5O2/c1-28-10-7-18-6-2-3-9-26(18)21(27)17-11-19-20(23-13-17)25(15-24-19)14-16-5-4-8-22-12-16/h4-5,8,11-13,15,18H,2-3,6-7,9-10,14H2,1H3. The van der Waals surface area contributed by atoms with Crippen LogP contribution in [0.1, 0.15) is 41.6 Å². The van der Waals surface area contributed by atoms with Crippen molar-refractivity contribution in [2.75, 3.05) is 20.3 Å². The maximum Gasteiger partial charge on any atom is 0.255 e. The molecule has 0 saturated carbocycles. The number of imidazole rings is 1. The maximum absolute atomic E-state index is 13.1. The molecule has 1 unspecified atom stereocenters. The second-order valence-corrected chi connectivity index (χ2v) is 7.23. The van der Waals surface area contributed by atoms with Crippen LogP contribution in [0.25, 0.3) is 11.2 Å². The monoisotopic (exact) mass is 379 g/mol. The summed E-state index contributed by atoms with van der Waals surface area (Å²) in [6, 6.07) is 6.02. The summed E-state index contributed by atoms with van der Waals surface area (Å²) >= 11 is 0. The number of aromatic nitrogens is 4. The molecule has 1 aliphatic heterocycles. The third-order valence-corrected chi connectivity index (χ3v) is 5.32. The topological polar surface area (TPSA) is 73.1 Å². The van der Waals surface area contributed by atoms with E-state index >= 15 is 0 Å². The van der Waals surface area contributed by atoms with E-state index in [4.69, 9.17) is 4.74 Å². The Hall–Kier alpha value is -2.80. The fourth-order valence-electron chi connectivity index (χ4n) is 3.86. The number of rotatable bonds is 6. The smallest absolute Gasteiger partial charge is 0.255 e. The van der Waals surface area contributed by atoms with Crippen molar-refractivity contribution in [1.82, 2.24) is 24.4 Å². The van der Waals surface area contributed by atoms with Crippen LogP contribution in [0.4, 0.5) is 0 Å². The lowest BCUT2D eigenvalue weighted by Crippen LogP contribution is -2.44. The first-order valence-corrected chi connectivity index (χ1v) is 9.76. The number of amides is 1. The first-order valence-electron chi connectivity index (χ1n) is 9.76. The molecule has 0 spiro atoms. The lowest BCUT2D eigenvalue weighted by Gasteiger charge is -2.35. The number of fused-ring (bicyclic) bond motifs is 1. The van der Waals surface area contributed by atoms with Gasteiger partial charge in [0.05, 0.1) is 18.4 Å². The Morgan fingerprint density at radius 1 is 1.29 bits per heavy atom. The summed E-state index contributed by atoms with van der Waals surface area (Å²) in [5.74, 6) is 0.0389. The van der Waals surface area contributed by atoms with E-state index in [1.165, 1.54) is 0 Å².